The number of ether oxygens (including phenoxy) is 1. The summed E-state index contributed by atoms with van der Waals surface area (Å²) in [6, 6.07) is 7.29. The Morgan fingerprint density at radius 1 is 1.25 bits per heavy atom. The van der Waals surface area contributed by atoms with Crippen molar-refractivity contribution >= 4 is 23.2 Å². The molecule has 1 aliphatic heterocycles. The van der Waals surface area contributed by atoms with Crippen molar-refractivity contribution in [2.75, 3.05) is 19.7 Å². The summed E-state index contributed by atoms with van der Waals surface area (Å²) in [5.41, 5.74) is 0.578. The smallest absolute Gasteiger partial charge is 0.257 e. The van der Waals surface area contributed by atoms with Crippen molar-refractivity contribution in [1.82, 2.24) is 10.2 Å². The first-order chi connectivity index (χ1) is 11.6. The van der Waals surface area contributed by atoms with E-state index in [2.05, 4.69) is 24.1 Å². The van der Waals surface area contributed by atoms with Crippen LogP contribution in [0.4, 0.5) is 0 Å². The summed E-state index contributed by atoms with van der Waals surface area (Å²) >= 11 is 5.40. The number of nitrogens with one attached hydrogen (secondary N) is 1. The van der Waals surface area contributed by atoms with Gasteiger partial charge in [0.2, 0.25) is 0 Å². The summed E-state index contributed by atoms with van der Waals surface area (Å²) in [6.07, 6.45) is 5.74. The number of rotatable bonds is 5. The van der Waals surface area contributed by atoms with Gasteiger partial charge in [-0.1, -0.05) is 32.8 Å². The van der Waals surface area contributed by atoms with Crippen LogP contribution in [-0.2, 0) is 0 Å². The molecule has 24 heavy (non-hydrogen) atoms. The van der Waals surface area contributed by atoms with E-state index in [4.69, 9.17) is 17.0 Å². The van der Waals surface area contributed by atoms with Crippen molar-refractivity contribution in [3.05, 3.63) is 29.8 Å². The lowest BCUT2D eigenvalue weighted by molar-refractivity contribution is 0.0973. The number of benzene rings is 1. The maximum absolute atomic E-state index is 12.4. The maximum atomic E-state index is 12.4. The van der Waals surface area contributed by atoms with Crippen LogP contribution in [0.2, 0.25) is 0 Å². The van der Waals surface area contributed by atoms with E-state index in [1.165, 1.54) is 12.8 Å². The minimum absolute atomic E-state index is 0.168. The topological polar surface area (TPSA) is 41.6 Å². The summed E-state index contributed by atoms with van der Waals surface area (Å²) in [4.78, 5) is 14.5. The van der Waals surface area contributed by atoms with Crippen LogP contribution in [0.25, 0.3) is 0 Å². The van der Waals surface area contributed by atoms with Gasteiger partial charge >= 0.3 is 0 Å². The standard InChI is InChI=1S/C19H28N2O2S/c1-15(2)10-13-23-17-9-7-8-16(14-17)18(22)20-19(24)21-11-5-3-4-6-12-21/h7-9,14-15H,3-6,10-13H2,1-2H3,(H,20,22,24). The summed E-state index contributed by atoms with van der Waals surface area (Å²) in [5.74, 6) is 1.16. The zero-order valence-electron chi connectivity index (χ0n) is 14.7. The van der Waals surface area contributed by atoms with Gasteiger partial charge in [-0.25, -0.2) is 0 Å². The van der Waals surface area contributed by atoms with Crippen molar-refractivity contribution < 1.29 is 9.53 Å². The highest BCUT2D eigenvalue weighted by Gasteiger charge is 2.15. The van der Waals surface area contributed by atoms with Gasteiger partial charge in [0.15, 0.2) is 5.11 Å². The minimum atomic E-state index is -0.168. The Labute approximate surface area is 150 Å². The highest BCUT2D eigenvalue weighted by molar-refractivity contribution is 7.80. The molecule has 2 rings (SSSR count). The third-order valence-electron chi connectivity index (χ3n) is 4.17. The number of amides is 1. The summed E-state index contributed by atoms with van der Waals surface area (Å²) in [7, 11) is 0. The molecule has 1 aliphatic rings. The van der Waals surface area contributed by atoms with Gasteiger partial charge in [0.25, 0.3) is 5.91 Å². The highest BCUT2D eigenvalue weighted by atomic mass is 32.1. The molecule has 5 heteroatoms. The van der Waals surface area contributed by atoms with Crippen molar-refractivity contribution in [2.24, 2.45) is 5.92 Å². The first-order valence-electron chi connectivity index (χ1n) is 8.89. The lowest BCUT2D eigenvalue weighted by atomic mass is 10.1. The Kier molecular flexibility index (Phi) is 7.50. The van der Waals surface area contributed by atoms with E-state index in [0.29, 0.717) is 23.2 Å². The Bertz CT molecular complexity index is 552. The lowest BCUT2D eigenvalue weighted by Gasteiger charge is -2.23. The zero-order valence-corrected chi connectivity index (χ0v) is 15.5. The second-order valence-corrected chi connectivity index (χ2v) is 7.11. The molecule has 1 N–H and O–H groups in total. The molecule has 0 spiro atoms. The fourth-order valence-electron chi connectivity index (χ4n) is 2.66. The molecule has 1 aromatic carbocycles. The van der Waals surface area contributed by atoms with Gasteiger partial charge in [0.1, 0.15) is 5.75 Å². The van der Waals surface area contributed by atoms with E-state index in [1.54, 1.807) is 12.1 Å². The normalized spacial score (nSPS) is 15.0. The Morgan fingerprint density at radius 2 is 1.96 bits per heavy atom. The molecule has 0 bridgehead atoms. The monoisotopic (exact) mass is 348 g/mol. The summed E-state index contributed by atoms with van der Waals surface area (Å²) < 4.78 is 5.72. The summed E-state index contributed by atoms with van der Waals surface area (Å²) in [6.45, 7) is 6.85. The SMILES string of the molecule is CC(C)CCOc1cccc(C(=O)NC(=S)N2CCCCCC2)c1. The number of thiocarbonyl (C=S) groups is 1. The quantitative estimate of drug-likeness (QED) is 0.817. The largest absolute Gasteiger partial charge is 0.494 e. The number of hydrogen-bond donors (Lipinski definition) is 1. The first kappa shape index (κ1) is 18.7. The van der Waals surface area contributed by atoms with Crippen LogP contribution >= 0.6 is 12.2 Å². The third-order valence-corrected chi connectivity index (χ3v) is 4.53. The Morgan fingerprint density at radius 3 is 2.62 bits per heavy atom. The second kappa shape index (κ2) is 9.62. The van der Waals surface area contributed by atoms with Gasteiger partial charge < -0.3 is 9.64 Å². The van der Waals surface area contributed by atoms with E-state index in [9.17, 15) is 4.79 Å². The fraction of sp³-hybridized carbons (Fsp3) is 0.579. The van der Waals surface area contributed by atoms with Gasteiger partial charge in [0, 0.05) is 18.7 Å². The molecule has 1 amide bonds. The van der Waals surface area contributed by atoms with Crippen LogP contribution in [0.5, 0.6) is 5.75 Å². The minimum Gasteiger partial charge on any atom is -0.494 e. The molecule has 0 aromatic heterocycles. The molecule has 0 atom stereocenters. The van der Waals surface area contributed by atoms with Crippen LogP contribution in [0, 0.1) is 5.92 Å². The molecule has 0 aliphatic carbocycles. The molecule has 4 nitrogen and oxygen atoms in total. The van der Waals surface area contributed by atoms with E-state index in [0.717, 1.165) is 38.1 Å². The number of nitrogens with zero attached hydrogens (tertiary/aromatic N) is 1. The number of likely N-dealkylation sites (tertiary alicyclic amines) is 1. The van der Waals surface area contributed by atoms with E-state index in [1.807, 2.05) is 12.1 Å². The second-order valence-electron chi connectivity index (χ2n) is 6.72. The zero-order chi connectivity index (χ0) is 17.4. The molecule has 0 saturated carbocycles. The summed E-state index contributed by atoms with van der Waals surface area (Å²) in [5, 5.41) is 3.39. The maximum Gasteiger partial charge on any atom is 0.257 e. The highest BCUT2D eigenvalue weighted by Crippen LogP contribution is 2.15. The van der Waals surface area contributed by atoms with Crippen LogP contribution < -0.4 is 10.1 Å². The van der Waals surface area contributed by atoms with Crippen molar-refractivity contribution in [3.8, 4) is 5.75 Å². The molecule has 132 valence electrons. The molecule has 1 fully saturated rings. The molecule has 1 aromatic rings. The number of carbonyl (C=O) groups is 1. The third kappa shape index (κ3) is 6.11. The predicted molar refractivity (Wildman–Crippen MR) is 101 cm³/mol. The average Bonchev–Trinajstić information content (AvgIpc) is 2.84. The Hall–Kier alpha value is -1.62. The van der Waals surface area contributed by atoms with Gasteiger partial charge in [0.05, 0.1) is 6.61 Å². The molecule has 1 heterocycles. The number of carbonyl (C=O) groups excluding carboxylic acids is 1. The van der Waals surface area contributed by atoms with E-state index in [-0.39, 0.29) is 5.91 Å². The van der Waals surface area contributed by atoms with Crippen LogP contribution in [0.1, 0.15) is 56.3 Å². The van der Waals surface area contributed by atoms with E-state index < -0.39 is 0 Å². The van der Waals surface area contributed by atoms with Crippen molar-refractivity contribution in [3.63, 3.8) is 0 Å². The average molecular weight is 349 g/mol. The fourth-order valence-corrected chi connectivity index (χ4v) is 2.94. The molecule has 0 radical (unpaired) electrons. The van der Waals surface area contributed by atoms with Gasteiger partial charge in [-0.15, -0.1) is 0 Å². The predicted octanol–water partition coefficient (Wildman–Crippen LogP) is 4.00. The van der Waals surface area contributed by atoms with Crippen LogP contribution in [0.3, 0.4) is 0 Å². The Balaban J connectivity index is 1.90. The lowest BCUT2D eigenvalue weighted by Crippen LogP contribution is -2.43. The molecule has 0 unspecified atom stereocenters. The van der Waals surface area contributed by atoms with Gasteiger partial charge in [-0.05, 0) is 55.6 Å². The molecular weight excluding hydrogens is 320 g/mol. The van der Waals surface area contributed by atoms with Crippen molar-refractivity contribution in [2.45, 2.75) is 46.0 Å². The molecule has 1 saturated heterocycles. The molecular formula is C19H28N2O2S. The van der Waals surface area contributed by atoms with Gasteiger partial charge in [-0.2, -0.15) is 0 Å². The van der Waals surface area contributed by atoms with Crippen LogP contribution in [-0.4, -0.2) is 35.6 Å². The first-order valence-corrected chi connectivity index (χ1v) is 9.30. The van der Waals surface area contributed by atoms with E-state index >= 15 is 0 Å². The van der Waals surface area contributed by atoms with Crippen LogP contribution in [0.15, 0.2) is 24.3 Å². The van der Waals surface area contributed by atoms with Gasteiger partial charge in [-0.3, -0.25) is 10.1 Å². The number of hydrogen-bond acceptors (Lipinski definition) is 3. The van der Waals surface area contributed by atoms with Crippen molar-refractivity contribution in [1.29, 1.82) is 0 Å².